The van der Waals surface area contributed by atoms with Gasteiger partial charge in [-0.2, -0.15) is 13.9 Å². The first kappa shape index (κ1) is 20.8. The van der Waals surface area contributed by atoms with Crippen LogP contribution in [0.25, 0.3) is 0 Å². The van der Waals surface area contributed by atoms with Crippen LogP contribution in [0.2, 0.25) is 0 Å². The summed E-state index contributed by atoms with van der Waals surface area (Å²) < 4.78 is 57.2. The van der Waals surface area contributed by atoms with Crippen LogP contribution in [0.4, 0.5) is 17.6 Å². The Bertz CT molecular complexity index is 705. The Morgan fingerprint density at radius 1 is 1.40 bits per heavy atom. The van der Waals surface area contributed by atoms with E-state index in [1.165, 1.54) is 0 Å². The summed E-state index contributed by atoms with van der Waals surface area (Å²) >= 11 is 2.85. The molecule has 0 fully saturated rings. The molecule has 0 spiro atoms. The molecule has 0 aliphatic carbocycles. The van der Waals surface area contributed by atoms with Gasteiger partial charge in [0, 0.05) is 12.6 Å². The predicted molar refractivity (Wildman–Crippen MR) is 93.3 cm³/mol. The Morgan fingerprint density at radius 2 is 2.04 bits per heavy atom. The minimum atomic E-state index is -3.71. The first-order chi connectivity index (χ1) is 11.6. The maximum atomic E-state index is 15.0. The van der Waals surface area contributed by atoms with Gasteiger partial charge in [0.05, 0.1) is 10.5 Å². The number of alkyl halides is 2. The van der Waals surface area contributed by atoms with Crippen LogP contribution in [-0.4, -0.2) is 29.5 Å². The number of hydrogen-bond donors (Lipinski definition) is 2. The second-order valence-electron chi connectivity index (χ2n) is 4.88. The summed E-state index contributed by atoms with van der Waals surface area (Å²) in [7, 11) is 0. The lowest BCUT2D eigenvalue weighted by Crippen LogP contribution is -2.44. The molecule has 1 rings (SSSR count). The van der Waals surface area contributed by atoms with Crippen molar-refractivity contribution in [1.82, 2.24) is 5.01 Å². The fraction of sp³-hybridized carbons (Fsp3) is 0.200. The van der Waals surface area contributed by atoms with Gasteiger partial charge in [-0.1, -0.05) is 19.2 Å². The summed E-state index contributed by atoms with van der Waals surface area (Å²) in [6, 6.07) is 2.29. The maximum absolute atomic E-state index is 15.0. The minimum Gasteiger partial charge on any atom is -0.322 e. The molecule has 0 radical (unpaired) electrons. The Labute approximate surface area is 150 Å². The van der Waals surface area contributed by atoms with Crippen molar-refractivity contribution in [2.24, 2.45) is 21.8 Å². The van der Waals surface area contributed by atoms with E-state index in [0.717, 1.165) is 29.6 Å². The van der Waals surface area contributed by atoms with Crippen molar-refractivity contribution < 1.29 is 17.6 Å². The number of halogens is 5. The van der Waals surface area contributed by atoms with Gasteiger partial charge in [0.25, 0.3) is 5.92 Å². The number of hydrazone groups is 1. The summed E-state index contributed by atoms with van der Waals surface area (Å²) in [5.41, 5.74) is -1.22. The van der Waals surface area contributed by atoms with E-state index >= 15 is 0 Å². The topological polar surface area (TPSA) is 80.0 Å². The lowest BCUT2D eigenvalue weighted by molar-refractivity contribution is 0.0378. The van der Waals surface area contributed by atoms with Crippen molar-refractivity contribution in [1.29, 1.82) is 0 Å². The van der Waals surface area contributed by atoms with Crippen molar-refractivity contribution in [3.05, 3.63) is 59.2 Å². The summed E-state index contributed by atoms with van der Waals surface area (Å²) in [5.74, 6) is 2.86. The molecule has 1 atom stereocenters. The normalized spacial score (nSPS) is 13.8. The molecule has 0 bridgehead atoms. The molecule has 5 nitrogen and oxygen atoms in total. The number of hydrogen-bond acceptors (Lipinski definition) is 4. The molecule has 136 valence electrons. The highest BCUT2D eigenvalue weighted by Gasteiger charge is 2.46. The molecular formula is C15H16BrF4N5. The highest BCUT2D eigenvalue weighted by molar-refractivity contribution is 9.11. The molecule has 1 aromatic carbocycles. The van der Waals surface area contributed by atoms with Crippen LogP contribution < -0.4 is 11.7 Å². The van der Waals surface area contributed by atoms with Gasteiger partial charge in [-0.15, -0.1) is 0 Å². The molecule has 0 aliphatic heterocycles. The molecule has 4 N–H and O–H groups in total. The summed E-state index contributed by atoms with van der Waals surface area (Å²) in [4.78, 5) is 3.57. The first-order valence-electron chi connectivity index (χ1n) is 6.77. The number of rotatable bonds is 8. The van der Waals surface area contributed by atoms with Crippen LogP contribution in [0.15, 0.2) is 52.1 Å². The quantitative estimate of drug-likeness (QED) is 0.169. The third-order valence-electron chi connectivity index (χ3n) is 3.16. The molecule has 25 heavy (non-hydrogen) atoms. The van der Waals surface area contributed by atoms with E-state index in [4.69, 9.17) is 11.7 Å². The van der Waals surface area contributed by atoms with Crippen LogP contribution in [0.5, 0.6) is 0 Å². The zero-order valence-corrected chi connectivity index (χ0v) is 14.6. The first-order valence-corrected chi connectivity index (χ1v) is 7.56. The molecule has 0 heterocycles. The number of aliphatic imine (C=N–C) groups is 1. The van der Waals surface area contributed by atoms with Gasteiger partial charge < -0.3 is 5.84 Å². The van der Waals surface area contributed by atoms with Gasteiger partial charge in [0.15, 0.2) is 0 Å². The van der Waals surface area contributed by atoms with Crippen molar-refractivity contribution in [2.75, 3.05) is 6.54 Å². The van der Waals surface area contributed by atoms with Crippen molar-refractivity contribution in [2.45, 2.75) is 11.8 Å². The lowest BCUT2D eigenvalue weighted by Gasteiger charge is -2.30. The van der Waals surface area contributed by atoms with E-state index in [9.17, 15) is 17.6 Å². The maximum Gasteiger partial charge on any atom is 0.298 e. The number of nitrogens with zero attached hydrogens (tertiary/aromatic N) is 3. The van der Waals surface area contributed by atoms with Gasteiger partial charge in [-0.05, 0) is 33.6 Å². The standard InChI is InChI=1S/C15H16BrF4N5/c1-3-14(24-9(2)16)15(19,20)12(7-25(22)8-23-21)11-5-4-10(17)6-13(11)18/h3-6,8,12H,1-2,7,21-22H2/b23-8-,24-14+. The van der Waals surface area contributed by atoms with Crippen molar-refractivity contribution in [3.63, 3.8) is 0 Å². The molecule has 0 aliphatic rings. The Morgan fingerprint density at radius 3 is 2.52 bits per heavy atom. The predicted octanol–water partition coefficient (Wildman–Crippen LogP) is 3.25. The summed E-state index contributed by atoms with van der Waals surface area (Å²) in [6.07, 6.45) is 1.71. The Hall–Kier alpha value is -2.20. The highest BCUT2D eigenvalue weighted by atomic mass is 79.9. The molecule has 1 unspecified atom stereocenters. The minimum absolute atomic E-state index is 0.0754. The third kappa shape index (κ3) is 5.40. The molecule has 1 aromatic rings. The second-order valence-corrected chi connectivity index (χ2v) is 5.80. The van der Waals surface area contributed by atoms with Crippen molar-refractivity contribution in [3.8, 4) is 0 Å². The van der Waals surface area contributed by atoms with E-state index in [-0.39, 0.29) is 4.61 Å². The Kier molecular flexibility index (Phi) is 7.31. The van der Waals surface area contributed by atoms with E-state index in [0.29, 0.717) is 6.07 Å². The van der Waals surface area contributed by atoms with E-state index < -0.39 is 41.3 Å². The summed E-state index contributed by atoms with van der Waals surface area (Å²) in [5, 5.41) is 3.87. The lowest BCUT2D eigenvalue weighted by atomic mass is 9.88. The SMILES string of the molecule is C=C/C(=N\C(=C)Br)C(F)(F)C(CN(N)/C=N\N)c1ccc(F)cc1F. The Balaban J connectivity index is 3.48. The fourth-order valence-electron chi connectivity index (χ4n) is 2.10. The van der Waals surface area contributed by atoms with Crippen LogP contribution in [0.3, 0.4) is 0 Å². The van der Waals surface area contributed by atoms with E-state index in [2.05, 4.69) is 39.2 Å². The van der Waals surface area contributed by atoms with Crippen LogP contribution in [0, 0.1) is 11.6 Å². The van der Waals surface area contributed by atoms with Crippen LogP contribution >= 0.6 is 15.9 Å². The molecule has 10 heteroatoms. The fourth-order valence-corrected chi connectivity index (χ4v) is 2.29. The average molecular weight is 422 g/mol. The molecule has 0 saturated carbocycles. The van der Waals surface area contributed by atoms with Gasteiger partial charge >= 0.3 is 0 Å². The van der Waals surface area contributed by atoms with Crippen LogP contribution in [-0.2, 0) is 0 Å². The molecule has 0 saturated heterocycles. The molecular weight excluding hydrogens is 406 g/mol. The second kappa shape index (κ2) is 8.77. The molecule has 0 aromatic heterocycles. The van der Waals surface area contributed by atoms with Crippen molar-refractivity contribution >= 4 is 28.0 Å². The monoisotopic (exact) mass is 421 g/mol. The number of nitrogens with two attached hydrogens (primary N) is 2. The van der Waals surface area contributed by atoms with Gasteiger partial charge in [0.1, 0.15) is 23.7 Å². The zero-order chi connectivity index (χ0) is 19.2. The molecule has 0 amide bonds. The number of hydrazine groups is 1. The van der Waals surface area contributed by atoms with E-state index in [1.54, 1.807) is 0 Å². The smallest absolute Gasteiger partial charge is 0.298 e. The largest absolute Gasteiger partial charge is 0.322 e. The number of benzene rings is 1. The third-order valence-corrected chi connectivity index (χ3v) is 3.34. The van der Waals surface area contributed by atoms with Crippen LogP contribution in [0.1, 0.15) is 11.5 Å². The zero-order valence-electron chi connectivity index (χ0n) is 13.0. The van der Waals surface area contributed by atoms with Gasteiger partial charge in [0.2, 0.25) is 0 Å². The van der Waals surface area contributed by atoms with Gasteiger partial charge in [-0.3, -0.25) is 5.01 Å². The number of allylic oxidation sites excluding steroid dienone is 1. The average Bonchev–Trinajstić information content (AvgIpc) is 2.50. The van der Waals surface area contributed by atoms with Gasteiger partial charge in [-0.25, -0.2) is 19.6 Å². The summed E-state index contributed by atoms with van der Waals surface area (Å²) in [6.45, 7) is 6.06. The highest BCUT2D eigenvalue weighted by Crippen LogP contribution is 2.37. The van der Waals surface area contributed by atoms with E-state index in [1.807, 2.05) is 0 Å².